The molecule has 2 rings (SSSR count). The third-order valence-corrected chi connectivity index (χ3v) is 2.47. The van der Waals surface area contributed by atoms with E-state index in [1.54, 1.807) is 24.3 Å². The fourth-order valence-corrected chi connectivity index (χ4v) is 1.62. The zero-order chi connectivity index (χ0) is 11.8. The molecule has 1 atom stereocenters. The van der Waals surface area contributed by atoms with Crippen molar-refractivity contribution in [2.75, 3.05) is 0 Å². The van der Waals surface area contributed by atoms with Gasteiger partial charge in [0, 0.05) is 23.5 Å². The molecule has 0 radical (unpaired) electrons. The molecule has 1 aromatic heterocycles. The van der Waals surface area contributed by atoms with Crippen LogP contribution >= 0.6 is 0 Å². The molecule has 0 aliphatic carbocycles. The Hall–Kier alpha value is -1.49. The van der Waals surface area contributed by atoms with Crippen LogP contribution in [0.15, 0.2) is 30.5 Å². The number of para-hydroxylation sites is 1. The number of alkyl halides is 3. The lowest BCUT2D eigenvalue weighted by Gasteiger charge is -2.13. The van der Waals surface area contributed by atoms with E-state index in [1.807, 2.05) is 0 Å². The minimum atomic E-state index is -4.57. The van der Waals surface area contributed by atoms with Gasteiger partial charge in [0.2, 0.25) is 0 Å². The highest BCUT2D eigenvalue weighted by molar-refractivity contribution is 5.83. The summed E-state index contributed by atoms with van der Waals surface area (Å²) in [5, 5.41) is 9.69. The second-order valence-corrected chi connectivity index (χ2v) is 3.62. The molecule has 2 aromatic rings. The predicted molar refractivity (Wildman–Crippen MR) is 54.1 cm³/mol. The summed E-state index contributed by atoms with van der Waals surface area (Å²) in [6.07, 6.45) is -5.81. The molecule has 0 saturated heterocycles. The maximum Gasteiger partial charge on any atom is 0.414 e. The van der Waals surface area contributed by atoms with Crippen LogP contribution in [-0.4, -0.2) is 22.4 Å². The maximum atomic E-state index is 12.2. The molecule has 1 unspecified atom stereocenters. The summed E-state index contributed by atoms with van der Waals surface area (Å²) >= 11 is 0. The van der Waals surface area contributed by atoms with E-state index < -0.39 is 18.7 Å². The third-order valence-electron chi connectivity index (χ3n) is 2.47. The molecule has 0 saturated carbocycles. The third kappa shape index (κ3) is 2.04. The standard InChI is InChI=1S/C11H10F3NO/c12-11(13,14)10(16)5-7-6-15-9-4-2-1-3-8(7)9/h1-4,6,10,15-16H,5H2. The van der Waals surface area contributed by atoms with Crippen LogP contribution in [0.2, 0.25) is 0 Å². The van der Waals surface area contributed by atoms with Crippen molar-refractivity contribution in [2.45, 2.75) is 18.7 Å². The van der Waals surface area contributed by atoms with Crippen molar-refractivity contribution in [1.82, 2.24) is 4.98 Å². The monoisotopic (exact) mass is 229 g/mol. The number of aromatic amines is 1. The molecule has 0 aliphatic rings. The normalized spacial score (nSPS) is 14.2. The molecule has 2 N–H and O–H groups in total. The van der Waals surface area contributed by atoms with Crippen LogP contribution < -0.4 is 0 Å². The lowest BCUT2D eigenvalue weighted by atomic mass is 10.1. The van der Waals surface area contributed by atoms with Gasteiger partial charge in [0.15, 0.2) is 6.10 Å². The van der Waals surface area contributed by atoms with Crippen LogP contribution in [0.3, 0.4) is 0 Å². The molecule has 0 aliphatic heterocycles. The Labute approximate surface area is 89.7 Å². The predicted octanol–water partition coefficient (Wildman–Crippen LogP) is 2.63. The van der Waals surface area contributed by atoms with Gasteiger partial charge in [-0.3, -0.25) is 0 Å². The summed E-state index contributed by atoms with van der Waals surface area (Å²) < 4.78 is 36.5. The molecule has 0 bridgehead atoms. The van der Waals surface area contributed by atoms with Gasteiger partial charge in [0.1, 0.15) is 0 Å². The number of benzene rings is 1. The number of rotatable bonds is 2. The van der Waals surface area contributed by atoms with Gasteiger partial charge < -0.3 is 10.1 Å². The molecule has 0 amide bonds. The first-order chi connectivity index (χ1) is 7.48. The zero-order valence-corrected chi connectivity index (χ0v) is 8.25. The number of fused-ring (bicyclic) bond motifs is 1. The molecule has 1 heterocycles. The number of hydrogen-bond donors (Lipinski definition) is 2. The molecular formula is C11H10F3NO. The topological polar surface area (TPSA) is 36.0 Å². The largest absolute Gasteiger partial charge is 0.414 e. The minimum absolute atomic E-state index is 0.423. The van der Waals surface area contributed by atoms with E-state index in [-0.39, 0.29) is 0 Å². The lowest BCUT2D eigenvalue weighted by Crippen LogP contribution is -2.30. The smallest absolute Gasteiger partial charge is 0.383 e. The highest BCUT2D eigenvalue weighted by atomic mass is 19.4. The SMILES string of the molecule is OC(Cc1c[nH]c2ccccc12)C(F)(F)F. The van der Waals surface area contributed by atoms with Crippen LogP contribution in [0.5, 0.6) is 0 Å². The number of aliphatic hydroxyl groups is 1. The van der Waals surface area contributed by atoms with Crippen molar-refractivity contribution in [2.24, 2.45) is 0 Å². The summed E-state index contributed by atoms with van der Waals surface area (Å²) in [5.74, 6) is 0. The van der Waals surface area contributed by atoms with Crippen molar-refractivity contribution in [1.29, 1.82) is 0 Å². The molecular weight excluding hydrogens is 219 g/mol. The number of halogens is 3. The van der Waals surface area contributed by atoms with Crippen LogP contribution in [0.1, 0.15) is 5.56 Å². The van der Waals surface area contributed by atoms with Crippen LogP contribution in [0.25, 0.3) is 10.9 Å². The van der Waals surface area contributed by atoms with Gasteiger partial charge >= 0.3 is 6.18 Å². The quantitative estimate of drug-likeness (QED) is 0.815. The summed E-state index contributed by atoms with van der Waals surface area (Å²) in [7, 11) is 0. The number of nitrogens with one attached hydrogen (secondary N) is 1. The number of H-pyrrole nitrogens is 1. The average molecular weight is 229 g/mol. The van der Waals surface area contributed by atoms with Gasteiger partial charge in [0.05, 0.1) is 0 Å². The van der Waals surface area contributed by atoms with E-state index in [9.17, 15) is 13.2 Å². The highest BCUT2D eigenvalue weighted by Crippen LogP contribution is 2.26. The van der Waals surface area contributed by atoms with Gasteiger partial charge in [-0.15, -0.1) is 0 Å². The Kier molecular flexibility index (Phi) is 2.63. The first kappa shape index (κ1) is 11.0. The Balaban J connectivity index is 2.28. The number of aliphatic hydroxyl groups excluding tert-OH is 1. The Morgan fingerprint density at radius 3 is 2.62 bits per heavy atom. The van der Waals surface area contributed by atoms with Crippen LogP contribution in [-0.2, 0) is 6.42 Å². The van der Waals surface area contributed by atoms with Gasteiger partial charge in [-0.05, 0) is 11.6 Å². The fourth-order valence-electron chi connectivity index (χ4n) is 1.62. The Morgan fingerprint density at radius 2 is 1.94 bits per heavy atom. The molecule has 2 nitrogen and oxygen atoms in total. The molecule has 86 valence electrons. The average Bonchev–Trinajstić information content (AvgIpc) is 2.61. The maximum absolute atomic E-state index is 12.2. The van der Waals surface area contributed by atoms with E-state index in [2.05, 4.69) is 4.98 Å². The molecule has 0 spiro atoms. The minimum Gasteiger partial charge on any atom is -0.383 e. The highest BCUT2D eigenvalue weighted by Gasteiger charge is 2.38. The first-order valence-electron chi connectivity index (χ1n) is 4.78. The van der Waals surface area contributed by atoms with E-state index in [0.717, 1.165) is 5.52 Å². The van der Waals surface area contributed by atoms with Gasteiger partial charge in [0.25, 0.3) is 0 Å². The molecule has 5 heteroatoms. The lowest BCUT2D eigenvalue weighted by molar-refractivity contribution is -0.202. The second kappa shape index (κ2) is 3.83. The Morgan fingerprint density at radius 1 is 1.25 bits per heavy atom. The Bertz CT molecular complexity index is 489. The van der Waals surface area contributed by atoms with Gasteiger partial charge in [-0.2, -0.15) is 13.2 Å². The van der Waals surface area contributed by atoms with Crippen molar-refractivity contribution < 1.29 is 18.3 Å². The van der Waals surface area contributed by atoms with Gasteiger partial charge in [-0.1, -0.05) is 18.2 Å². The molecule has 1 aromatic carbocycles. The van der Waals surface area contributed by atoms with Crippen molar-refractivity contribution in [3.8, 4) is 0 Å². The van der Waals surface area contributed by atoms with Crippen molar-refractivity contribution in [3.05, 3.63) is 36.0 Å². The number of hydrogen-bond acceptors (Lipinski definition) is 1. The fraction of sp³-hybridized carbons (Fsp3) is 0.273. The summed E-state index contributed by atoms with van der Waals surface area (Å²) in [6, 6.07) is 7.05. The van der Waals surface area contributed by atoms with Crippen molar-refractivity contribution >= 4 is 10.9 Å². The van der Waals surface area contributed by atoms with Crippen LogP contribution in [0.4, 0.5) is 13.2 Å². The second-order valence-electron chi connectivity index (χ2n) is 3.62. The van der Waals surface area contributed by atoms with Crippen LogP contribution in [0, 0.1) is 0 Å². The zero-order valence-electron chi connectivity index (χ0n) is 8.25. The van der Waals surface area contributed by atoms with Gasteiger partial charge in [-0.25, -0.2) is 0 Å². The van der Waals surface area contributed by atoms with E-state index >= 15 is 0 Å². The number of aromatic nitrogens is 1. The summed E-state index contributed by atoms with van der Waals surface area (Å²) in [6.45, 7) is 0. The van der Waals surface area contributed by atoms with E-state index in [1.165, 1.54) is 6.20 Å². The van der Waals surface area contributed by atoms with E-state index in [4.69, 9.17) is 5.11 Å². The van der Waals surface area contributed by atoms with Crippen molar-refractivity contribution in [3.63, 3.8) is 0 Å². The summed E-state index contributed by atoms with van der Waals surface area (Å²) in [5.41, 5.74) is 1.24. The van der Waals surface area contributed by atoms with E-state index in [0.29, 0.717) is 10.9 Å². The molecule has 16 heavy (non-hydrogen) atoms. The first-order valence-corrected chi connectivity index (χ1v) is 4.78. The summed E-state index contributed by atoms with van der Waals surface area (Å²) in [4.78, 5) is 2.87. The molecule has 0 fully saturated rings.